The van der Waals surface area contributed by atoms with Crippen LogP contribution >= 0.6 is 0 Å². The number of aliphatic hydroxyl groups is 1. The van der Waals surface area contributed by atoms with E-state index in [4.69, 9.17) is 9.07 Å². The molecule has 0 unspecified atom stereocenters. The quantitative estimate of drug-likeness (QED) is 0.197. The molecular weight excluding hydrogens is 577 g/mol. The second kappa shape index (κ2) is 9.95. The number of nitrogens with zero attached hydrogens (tertiary/aromatic N) is 1. The van der Waals surface area contributed by atoms with Gasteiger partial charge in [-0.25, -0.2) is 0 Å². The van der Waals surface area contributed by atoms with Crippen LogP contribution in [0.1, 0.15) is 27.7 Å². The van der Waals surface area contributed by atoms with Crippen molar-refractivity contribution in [1.82, 2.24) is 4.57 Å². The third kappa shape index (κ3) is 4.17. The van der Waals surface area contributed by atoms with Crippen molar-refractivity contribution in [3.8, 4) is 5.69 Å². The Bertz CT molecular complexity index is 2710. The van der Waals surface area contributed by atoms with E-state index < -0.39 is 11.2 Å². The molecule has 2 heterocycles. The highest BCUT2D eigenvalue weighted by atomic mass is 16.5. The lowest BCUT2D eigenvalue weighted by Crippen LogP contribution is -2.49. The fraction of sp³-hybridized carbons (Fsp3) is 0.143. The Morgan fingerprint density at radius 3 is 2.09 bits per heavy atom. The van der Waals surface area contributed by atoms with Crippen LogP contribution in [0.4, 0.5) is 0 Å². The van der Waals surface area contributed by atoms with Gasteiger partial charge in [0.2, 0.25) is 0 Å². The molecule has 0 saturated carbocycles. The Morgan fingerprint density at radius 1 is 0.596 bits per heavy atom. The molecule has 0 atom stereocenters. The lowest BCUT2D eigenvalue weighted by atomic mass is 9.80. The molecule has 1 N–H and O–H groups in total. The molecule has 47 heavy (non-hydrogen) atoms. The number of benzene rings is 7. The SMILES string of the molecule is CC(C)(O)C(C)(C)O[B]c1cccc2oc3ccc4c(-n5c6cc7ccccc7cc6c6ccc7ccccc7c65)cccc4c3c12. The van der Waals surface area contributed by atoms with Crippen molar-refractivity contribution in [2.75, 3.05) is 0 Å². The summed E-state index contributed by atoms with van der Waals surface area (Å²) in [6.45, 7) is 7.34. The van der Waals surface area contributed by atoms with Crippen molar-refractivity contribution in [2.24, 2.45) is 0 Å². The predicted molar refractivity (Wildman–Crippen MR) is 197 cm³/mol. The van der Waals surface area contributed by atoms with Gasteiger partial charge in [0.15, 0.2) is 0 Å². The summed E-state index contributed by atoms with van der Waals surface area (Å²) < 4.78 is 15.2. The molecule has 227 valence electrons. The first kappa shape index (κ1) is 28.2. The Balaban J connectivity index is 1.36. The van der Waals surface area contributed by atoms with Crippen LogP contribution in [-0.2, 0) is 4.65 Å². The minimum absolute atomic E-state index is 0.797. The number of hydrogen-bond donors (Lipinski definition) is 1. The summed E-state index contributed by atoms with van der Waals surface area (Å²) in [6.07, 6.45) is 0. The second-order valence-corrected chi connectivity index (χ2v) is 13.7. The summed E-state index contributed by atoms with van der Waals surface area (Å²) in [5.41, 5.74) is 4.20. The van der Waals surface area contributed by atoms with E-state index >= 15 is 0 Å². The van der Waals surface area contributed by atoms with Crippen LogP contribution in [0.25, 0.3) is 81.7 Å². The molecule has 2 aromatic heterocycles. The fourth-order valence-corrected chi connectivity index (χ4v) is 7.04. The molecule has 4 nitrogen and oxygen atoms in total. The van der Waals surface area contributed by atoms with Gasteiger partial charge >= 0.3 is 7.48 Å². The molecule has 9 rings (SSSR count). The van der Waals surface area contributed by atoms with Crippen molar-refractivity contribution in [3.05, 3.63) is 121 Å². The Hall–Kier alpha value is -5.10. The Kier molecular flexibility index (Phi) is 5.96. The molecule has 0 spiro atoms. The van der Waals surface area contributed by atoms with Gasteiger partial charge in [0, 0.05) is 32.3 Å². The predicted octanol–water partition coefficient (Wildman–Crippen LogP) is 9.95. The first-order valence-electron chi connectivity index (χ1n) is 16.1. The van der Waals surface area contributed by atoms with E-state index in [0.29, 0.717) is 0 Å². The summed E-state index contributed by atoms with van der Waals surface area (Å²) in [4.78, 5) is 0. The number of rotatable bonds is 5. The fourth-order valence-electron chi connectivity index (χ4n) is 7.04. The van der Waals surface area contributed by atoms with Gasteiger partial charge < -0.3 is 18.7 Å². The van der Waals surface area contributed by atoms with Gasteiger partial charge in [-0.2, -0.15) is 0 Å². The molecule has 1 radical (unpaired) electrons. The molecule has 0 bridgehead atoms. The van der Waals surface area contributed by atoms with Crippen molar-refractivity contribution < 1.29 is 14.2 Å². The highest BCUT2D eigenvalue weighted by molar-refractivity contribution is 6.53. The van der Waals surface area contributed by atoms with Gasteiger partial charge in [-0.15, -0.1) is 0 Å². The van der Waals surface area contributed by atoms with Crippen molar-refractivity contribution in [1.29, 1.82) is 0 Å². The van der Waals surface area contributed by atoms with E-state index in [1.807, 2.05) is 32.0 Å². The molecule has 0 aliphatic heterocycles. The average Bonchev–Trinajstić information content (AvgIpc) is 3.62. The van der Waals surface area contributed by atoms with E-state index in [0.717, 1.165) is 43.9 Å². The summed E-state index contributed by atoms with van der Waals surface area (Å²) in [6, 6.07) is 43.3. The van der Waals surface area contributed by atoms with Crippen molar-refractivity contribution in [3.63, 3.8) is 0 Å². The zero-order valence-electron chi connectivity index (χ0n) is 26.8. The topological polar surface area (TPSA) is 47.5 Å². The molecule has 0 saturated heterocycles. The molecular formula is C42H33BNO3. The zero-order valence-corrected chi connectivity index (χ0v) is 26.8. The maximum Gasteiger partial charge on any atom is 0.331 e. The average molecular weight is 611 g/mol. The largest absolute Gasteiger partial charge is 0.456 e. The summed E-state index contributed by atoms with van der Waals surface area (Å²) >= 11 is 0. The van der Waals surface area contributed by atoms with E-state index in [1.54, 1.807) is 21.3 Å². The summed E-state index contributed by atoms with van der Waals surface area (Å²) in [7, 11) is 1.77. The number of furan rings is 1. The van der Waals surface area contributed by atoms with Crippen LogP contribution in [-0.4, -0.2) is 28.4 Å². The Morgan fingerprint density at radius 2 is 1.28 bits per heavy atom. The highest BCUT2D eigenvalue weighted by Crippen LogP contribution is 2.42. The maximum absolute atomic E-state index is 10.7. The van der Waals surface area contributed by atoms with Crippen molar-refractivity contribution >= 4 is 89.0 Å². The van der Waals surface area contributed by atoms with Gasteiger partial charge in [-0.1, -0.05) is 84.9 Å². The van der Waals surface area contributed by atoms with Gasteiger partial charge in [0.05, 0.1) is 27.9 Å². The molecule has 9 aromatic rings. The van der Waals surface area contributed by atoms with Crippen LogP contribution in [0.2, 0.25) is 0 Å². The minimum Gasteiger partial charge on any atom is -0.456 e. The first-order chi connectivity index (χ1) is 22.7. The second-order valence-electron chi connectivity index (χ2n) is 13.7. The summed E-state index contributed by atoms with van der Waals surface area (Å²) in [5, 5.41) is 22.4. The third-order valence-electron chi connectivity index (χ3n) is 10.2. The van der Waals surface area contributed by atoms with E-state index in [2.05, 4.69) is 108 Å². The highest BCUT2D eigenvalue weighted by Gasteiger charge is 2.36. The van der Waals surface area contributed by atoms with E-state index in [1.165, 1.54) is 43.4 Å². The Labute approximate surface area is 273 Å². The van der Waals surface area contributed by atoms with Gasteiger partial charge in [0.25, 0.3) is 0 Å². The van der Waals surface area contributed by atoms with Crippen LogP contribution in [0.3, 0.4) is 0 Å². The van der Waals surface area contributed by atoms with Gasteiger partial charge in [-0.3, -0.25) is 0 Å². The van der Waals surface area contributed by atoms with E-state index in [-0.39, 0.29) is 0 Å². The molecule has 0 aliphatic rings. The minimum atomic E-state index is -1.03. The molecule has 0 fully saturated rings. The number of hydrogen-bond acceptors (Lipinski definition) is 3. The van der Waals surface area contributed by atoms with Crippen LogP contribution < -0.4 is 5.46 Å². The smallest absolute Gasteiger partial charge is 0.331 e. The molecule has 0 amide bonds. The number of fused-ring (bicyclic) bond motifs is 11. The zero-order chi connectivity index (χ0) is 32.1. The maximum atomic E-state index is 10.7. The lowest BCUT2D eigenvalue weighted by molar-refractivity contribution is -0.0893. The molecule has 0 aliphatic carbocycles. The van der Waals surface area contributed by atoms with E-state index in [9.17, 15) is 5.11 Å². The van der Waals surface area contributed by atoms with Crippen LogP contribution in [0, 0.1) is 0 Å². The summed E-state index contributed by atoms with van der Waals surface area (Å²) in [5.74, 6) is 0. The lowest BCUT2D eigenvalue weighted by Gasteiger charge is -2.37. The molecule has 7 aromatic carbocycles. The van der Waals surface area contributed by atoms with Crippen LogP contribution in [0.5, 0.6) is 0 Å². The van der Waals surface area contributed by atoms with Gasteiger partial charge in [-0.05, 0) is 91.1 Å². The standard InChI is InChI=1S/C42H33BNO3/c1-41(2,45)42(3,4)47-43-33-16-10-18-36-39(33)38-30-15-9-17-34(29(30)21-22-37(38)46-36)44-35-24-27-13-6-5-12-26(27)23-32(35)31-20-19-25-11-7-8-14-28(25)40(31)44/h5-24,45H,1-4H3. The van der Waals surface area contributed by atoms with Crippen molar-refractivity contribution in [2.45, 2.75) is 38.9 Å². The normalized spacial score (nSPS) is 12.9. The number of aromatic nitrogens is 1. The monoisotopic (exact) mass is 610 g/mol. The first-order valence-corrected chi connectivity index (χ1v) is 16.1. The third-order valence-corrected chi connectivity index (χ3v) is 10.2. The van der Waals surface area contributed by atoms with Crippen LogP contribution in [0.15, 0.2) is 126 Å². The molecule has 5 heteroatoms. The van der Waals surface area contributed by atoms with Gasteiger partial charge in [0.1, 0.15) is 11.2 Å².